The lowest BCUT2D eigenvalue weighted by atomic mass is 9.98. The number of rotatable bonds is 3. The molecule has 0 unspecified atom stereocenters. The molecular formula is C14H17ClF6N2O. The molecule has 1 aliphatic rings. The van der Waals surface area contributed by atoms with Crippen molar-refractivity contribution in [1.29, 1.82) is 0 Å². The molecule has 0 amide bonds. The van der Waals surface area contributed by atoms with Crippen LogP contribution in [0.3, 0.4) is 0 Å². The van der Waals surface area contributed by atoms with Crippen molar-refractivity contribution in [2.75, 3.05) is 32.8 Å². The van der Waals surface area contributed by atoms with Crippen LogP contribution in [0.15, 0.2) is 18.2 Å². The van der Waals surface area contributed by atoms with Crippen LogP contribution in [0.5, 0.6) is 0 Å². The zero-order valence-electron chi connectivity index (χ0n) is 12.4. The van der Waals surface area contributed by atoms with Gasteiger partial charge in [0.05, 0.1) is 23.8 Å². The normalized spacial score (nSPS) is 18.1. The molecule has 2 rings (SSSR count). The predicted octanol–water partition coefficient (Wildman–Crippen LogP) is 3.08. The van der Waals surface area contributed by atoms with Crippen molar-refractivity contribution < 1.29 is 31.4 Å². The van der Waals surface area contributed by atoms with Crippen LogP contribution in [0.25, 0.3) is 0 Å². The van der Waals surface area contributed by atoms with Gasteiger partial charge in [0, 0.05) is 26.2 Å². The van der Waals surface area contributed by atoms with Crippen LogP contribution >= 0.6 is 12.4 Å². The lowest BCUT2D eigenvalue weighted by Gasteiger charge is -2.34. The molecule has 24 heavy (non-hydrogen) atoms. The number of halogens is 7. The average Bonchev–Trinajstić information content (AvgIpc) is 2.47. The molecule has 1 aliphatic heterocycles. The highest BCUT2D eigenvalue weighted by Gasteiger charge is 2.38. The Bertz CT molecular complexity index is 511. The Hall–Kier alpha value is -1.03. The van der Waals surface area contributed by atoms with Crippen LogP contribution < -0.4 is 5.32 Å². The first-order valence-electron chi connectivity index (χ1n) is 6.98. The van der Waals surface area contributed by atoms with Gasteiger partial charge in [-0.05, 0) is 23.8 Å². The van der Waals surface area contributed by atoms with E-state index in [-0.39, 0.29) is 24.0 Å². The molecule has 3 nitrogen and oxygen atoms in total. The Labute approximate surface area is 141 Å². The number of hydrogen-bond donors (Lipinski definition) is 2. The highest BCUT2D eigenvalue weighted by Crippen LogP contribution is 2.38. The van der Waals surface area contributed by atoms with E-state index in [0.29, 0.717) is 38.3 Å². The van der Waals surface area contributed by atoms with Gasteiger partial charge in [0.25, 0.3) is 0 Å². The van der Waals surface area contributed by atoms with Crippen molar-refractivity contribution in [3.05, 3.63) is 34.9 Å². The van der Waals surface area contributed by atoms with E-state index >= 15 is 0 Å². The molecule has 0 aromatic heterocycles. The van der Waals surface area contributed by atoms with Crippen molar-refractivity contribution in [3.63, 3.8) is 0 Å². The van der Waals surface area contributed by atoms with E-state index in [2.05, 4.69) is 5.32 Å². The van der Waals surface area contributed by atoms with E-state index < -0.39 is 36.1 Å². The van der Waals surface area contributed by atoms with Crippen LogP contribution in [0.1, 0.15) is 22.7 Å². The quantitative estimate of drug-likeness (QED) is 0.793. The number of benzene rings is 1. The Kier molecular flexibility index (Phi) is 6.92. The first-order chi connectivity index (χ1) is 10.6. The van der Waals surface area contributed by atoms with Gasteiger partial charge < -0.3 is 10.4 Å². The molecule has 1 heterocycles. The van der Waals surface area contributed by atoms with Gasteiger partial charge in [-0.3, -0.25) is 4.90 Å². The van der Waals surface area contributed by atoms with Gasteiger partial charge >= 0.3 is 12.4 Å². The second-order valence-corrected chi connectivity index (χ2v) is 5.32. The SMILES string of the molecule is Cl.OC[C@@H](c1cc(C(F)(F)F)cc(C(F)(F)F)c1)N1CCNCC1. The monoisotopic (exact) mass is 378 g/mol. The number of aliphatic hydroxyl groups is 1. The van der Waals surface area contributed by atoms with E-state index in [0.717, 1.165) is 0 Å². The molecular weight excluding hydrogens is 362 g/mol. The van der Waals surface area contributed by atoms with Gasteiger partial charge in [-0.25, -0.2) is 0 Å². The van der Waals surface area contributed by atoms with Crippen molar-refractivity contribution >= 4 is 12.4 Å². The van der Waals surface area contributed by atoms with Gasteiger partial charge in [-0.15, -0.1) is 12.4 Å². The Morgan fingerprint density at radius 3 is 1.79 bits per heavy atom. The maximum absolute atomic E-state index is 12.9. The molecule has 0 radical (unpaired) electrons. The fourth-order valence-corrected chi connectivity index (χ4v) is 2.60. The zero-order valence-corrected chi connectivity index (χ0v) is 13.2. The molecule has 0 saturated carbocycles. The molecule has 1 fully saturated rings. The molecule has 138 valence electrons. The van der Waals surface area contributed by atoms with Crippen molar-refractivity contribution in [3.8, 4) is 0 Å². The van der Waals surface area contributed by atoms with Crippen LogP contribution in [-0.2, 0) is 12.4 Å². The lowest BCUT2D eigenvalue weighted by molar-refractivity contribution is -0.143. The third kappa shape index (κ3) is 4.98. The smallest absolute Gasteiger partial charge is 0.394 e. The summed E-state index contributed by atoms with van der Waals surface area (Å²) >= 11 is 0. The summed E-state index contributed by atoms with van der Waals surface area (Å²) in [5.74, 6) is 0. The van der Waals surface area contributed by atoms with E-state index in [9.17, 15) is 31.4 Å². The topological polar surface area (TPSA) is 35.5 Å². The standard InChI is InChI=1S/C14H16F6N2O.ClH/c15-13(16,17)10-5-9(6-11(7-10)14(18,19)20)12(8-23)22-3-1-21-2-4-22;/h5-7,12,21,23H,1-4,8H2;1H/t12-;/m0./s1. The number of hydrogen-bond acceptors (Lipinski definition) is 3. The maximum Gasteiger partial charge on any atom is 0.416 e. The van der Waals surface area contributed by atoms with Gasteiger partial charge in [-0.2, -0.15) is 26.3 Å². The molecule has 2 N–H and O–H groups in total. The molecule has 0 aliphatic carbocycles. The molecule has 0 bridgehead atoms. The van der Waals surface area contributed by atoms with E-state index in [1.165, 1.54) is 0 Å². The largest absolute Gasteiger partial charge is 0.416 e. The summed E-state index contributed by atoms with van der Waals surface area (Å²) in [6.07, 6.45) is -9.78. The molecule has 1 atom stereocenters. The van der Waals surface area contributed by atoms with Gasteiger partial charge in [0.2, 0.25) is 0 Å². The van der Waals surface area contributed by atoms with Gasteiger partial charge in [-0.1, -0.05) is 0 Å². The highest BCUT2D eigenvalue weighted by molar-refractivity contribution is 5.85. The third-order valence-electron chi connectivity index (χ3n) is 3.76. The Morgan fingerprint density at radius 1 is 0.958 bits per heavy atom. The van der Waals surface area contributed by atoms with Crippen LogP contribution in [0.4, 0.5) is 26.3 Å². The van der Waals surface area contributed by atoms with Gasteiger partial charge in [0.1, 0.15) is 0 Å². The van der Waals surface area contributed by atoms with Crippen molar-refractivity contribution in [2.24, 2.45) is 0 Å². The summed E-state index contributed by atoms with van der Waals surface area (Å²) in [5.41, 5.74) is -2.91. The van der Waals surface area contributed by atoms with Gasteiger partial charge in [0.15, 0.2) is 0 Å². The maximum atomic E-state index is 12.9. The molecule has 1 aromatic carbocycles. The minimum Gasteiger partial charge on any atom is -0.394 e. The summed E-state index contributed by atoms with van der Waals surface area (Å²) in [6, 6.07) is 0.548. The Balaban J connectivity index is 0.00000288. The minimum atomic E-state index is -4.89. The zero-order chi connectivity index (χ0) is 17.3. The third-order valence-corrected chi connectivity index (χ3v) is 3.76. The van der Waals surface area contributed by atoms with E-state index in [4.69, 9.17) is 0 Å². The number of piperazine rings is 1. The van der Waals surface area contributed by atoms with Crippen LogP contribution in [-0.4, -0.2) is 42.8 Å². The number of nitrogens with one attached hydrogen (secondary N) is 1. The first-order valence-corrected chi connectivity index (χ1v) is 6.98. The second kappa shape index (κ2) is 7.90. The average molecular weight is 379 g/mol. The van der Waals surface area contributed by atoms with Crippen LogP contribution in [0, 0.1) is 0 Å². The summed E-state index contributed by atoms with van der Waals surface area (Å²) in [6.45, 7) is 1.42. The molecule has 10 heteroatoms. The Morgan fingerprint density at radius 2 is 1.42 bits per heavy atom. The summed E-state index contributed by atoms with van der Waals surface area (Å²) in [5, 5.41) is 12.5. The lowest BCUT2D eigenvalue weighted by Crippen LogP contribution is -2.46. The highest BCUT2D eigenvalue weighted by atomic mass is 35.5. The number of nitrogens with zero attached hydrogens (tertiary/aromatic N) is 1. The number of aliphatic hydroxyl groups excluding tert-OH is 1. The second-order valence-electron chi connectivity index (χ2n) is 5.32. The first kappa shape index (κ1) is 21.0. The number of alkyl halides is 6. The minimum absolute atomic E-state index is 0. The fourth-order valence-electron chi connectivity index (χ4n) is 2.60. The van der Waals surface area contributed by atoms with E-state index in [1.807, 2.05) is 0 Å². The summed E-state index contributed by atoms with van der Waals surface area (Å²) < 4.78 is 77.4. The molecule has 0 spiro atoms. The van der Waals surface area contributed by atoms with Crippen LogP contribution in [0.2, 0.25) is 0 Å². The predicted molar refractivity (Wildman–Crippen MR) is 78.0 cm³/mol. The summed E-state index contributed by atoms with van der Waals surface area (Å²) in [7, 11) is 0. The van der Waals surface area contributed by atoms with Crippen molar-refractivity contribution in [2.45, 2.75) is 18.4 Å². The molecule has 1 aromatic rings. The fraction of sp³-hybridized carbons (Fsp3) is 0.571. The summed E-state index contributed by atoms with van der Waals surface area (Å²) in [4.78, 5) is 1.67. The van der Waals surface area contributed by atoms with Crippen molar-refractivity contribution in [1.82, 2.24) is 10.2 Å². The molecule has 1 saturated heterocycles. The van der Waals surface area contributed by atoms with E-state index in [1.54, 1.807) is 4.90 Å².